The van der Waals surface area contributed by atoms with E-state index in [-0.39, 0.29) is 18.0 Å². The SMILES string of the molecule is CCc1ccccc1NC(=O)N(Cc1nc(C(=O)N2CCN(c3ccccc3Cl)CC2)cs1)C(C)C. The Morgan fingerprint density at radius 3 is 2.47 bits per heavy atom. The van der Waals surface area contributed by atoms with Crippen LogP contribution in [0.1, 0.15) is 41.8 Å². The summed E-state index contributed by atoms with van der Waals surface area (Å²) in [6.45, 7) is 9.00. The minimum Gasteiger partial charge on any atom is -0.367 e. The molecule has 0 aliphatic carbocycles. The molecule has 1 fully saturated rings. The topological polar surface area (TPSA) is 68.8 Å². The number of hydrogen-bond donors (Lipinski definition) is 1. The van der Waals surface area contributed by atoms with Crippen LogP contribution in [0.4, 0.5) is 16.2 Å². The number of carbonyl (C=O) groups excluding carboxylic acids is 2. The third-order valence-electron chi connectivity index (χ3n) is 6.36. The van der Waals surface area contributed by atoms with E-state index in [1.54, 1.807) is 10.3 Å². The van der Waals surface area contributed by atoms with Gasteiger partial charge in [-0.05, 0) is 44.0 Å². The van der Waals surface area contributed by atoms with Crippen LogP contribution in [0.25, 0.3) is 0 Å². The first-order valence-electron chi connectivity index (χ1n) is 12.3. The number of anilines is 2. The number of nitrogens with one attached hydrogen (secondary N) is 1. The lowest BCUT2D eigenvalue weighted by atomic mass is 10.1. The van der Waals surface area contributed by atoms with Gasteiger partial charge in [0.1, 0.15) is 10.7 Å². The van der Waals surface area contributed by atoms with E-state index in [2.05, 4.69) is 22.1 Å². The van der Waals surface area contributed by atoms with E-state index in [1.807, 2.05) is 67.3 Å². The summed E-state index contributed by atoms with van der Waals surface area (Å²) in [5.74, 6) is -0.0752. The molecule has 0 bridgehead atoms. The van der Waals surface area contributed by atoms with Gasteiger partial charge in [0.2, 0.25) is 0 Å². The smallest absolute Gasteiger partial charge is 0.322 e. The lowest BCUT2D eigenvalue weighted by molar-refractivity contribution is 0.0741. The third kappa shape index (κ3) is 5.99. The highest BCUT2D eigenvalue weighted by atomic mass is 35.5. The van der Waals surface area contributed by atoms with E-state index in [9.17, 15) is 9.59 Å². The molecule has 2 aromatic carbocycles. The first kappa shape index (κ1) is 26.0. The van der Waals surface area contributed by atoms with Crippen molar-refractivity contribution < 1.29 is 9.59 Å². The van der Waals surface area contributed by atoms with Gasteiger partial charge in [0.05, 0.1) is 17.3 Å². The first-order chi connectivity index (χ1) is 17.4. The van der Waals surface area contributed by atoms with Crippen LogP contribution in [0.3, 0.4) is 0 Å². The molecule has 190 valence electrons. The number of aryl methyl sites for hydroxylation is 1. The Bertz CT molecular complexity index is 1210. The molecule has 3 aromatic rings. The van der Waals surface area contributed by atoms with Crippen LogP contribution < -0.4 is 10.2 Å². The maximum atomic E-state index is 13.1. The molecule has 1 saturated heterocycles. The summed E-state index contributed by atoms with van der Waals surface area (Å²) in [6.07, 6.45) is 0.836. The predicted molar refractivity (Wildman–Crippen MR) is 147 cm³/mol. The van der Waals surface area contributed by atoms with E-state index < -0.39 is 0 Å². The second-order valence-electron chi connectivity index (χ2n) is 9.02. The van der Waals surface area contributed by atoms with Gasteiger partial charge in [-0.25, -0.2) is 9.78 Å². The van der Waals surface area contributed by atoms with E-state index in [0.29, 0.717) is 38.4 Å². The zero-order chi connectivity index (χ0) is 25.7. The maximum absolute atomic E-state index is 13.1. The number of piperazine rings is 1. The highest BCUT2D eigenvalue weighted by Crippen LogP contribution is 2.26. The molecule has 1 N–H and O–H groups in total. The molecular formula is C27H32ClN5O2S. The summed E-state index contributed by atoms with van der Waals surface area (Å²) >= 11 is 7.75. The van der Waals surface area contributed by atoms with Crippen LogP contribution >= 0.6 is 22.9 Å². The number of para-hydroxylation sites is 2. The quantitative estimate of drug-likeness (QED) is 0.425. The molecule has 0 saturated carbocycles. The molecule has 3 amide bonds. The highest BCUT2D eigenvalue weighted by Gasteiger charge is 2.26. The zero-order valence-electron chi connectivity index (χ0n) is 20.9. The van der Waals surface area contributed by atoms with Crippen LogP contribution in [-0.4, -0.2) is 58.9 Å². The predicted octanol–water partition coefficient (Wildman–Crippen LogP) is 5.76. The normalized spacial score (nSPS) is 13.7. The van der Waals surface area contributed by atoms with Crippen molar-refractivity contribution in [2.24, 2.45) is 0 Å². The van der Waals surface area contributed by atoms with Crippen molar-refractivity contribution in [3.8, 4) is 0 Å². The number of benzene rings is 2. The summed E-state index contributed by atoms with van der Waals surface area (Å²) in [7, 11) is 0. The Labute approximate surface area is 221 Å². The standard InChI is InChI=1S/C27H32ClN5O2S/c1-4-20-9-5-7-11-22(20)30-27(35)33(19(2)3)17-25-29-23(18-36-25)26(34)32-15-13-31(14-16-32)24-12-8-6-10-21(24)28/h5-12,18-19H,4,13-17H2,1-3H3,(H,30,35). The van der Waals surface area contributed by atoms with Gasteiger partial charge in [0, 0.05) is 43.3 Å². The first-order valence-corrected chi connectivity index (χ1v) is 13.5. The molecule has 1 aromatic heterocycles. The molecule has 36 heavy (non-hydrogen) atoms. The van der Waals surface area contributed by atoms with E-state index in [0.717, 1.165) is 33.4 Å². The van der Waals surface area contributed by atoms with Gasteiger partial charge in [-0.15, -0.1) is 11.3 Å². The monoisotopic (exact) mass is 525 g/mol. The fourth-order valence-electron chi connectivity index (χ4n) is 4.27. The average Bonchev–Trinajstić information content (AvgIpc) is 3.36. The van der Waals surface area contributed by atoms with Crippen molar-refractivity contribution in [2.75, 3.05) is 36.4 Å². The molecule has 9 heteroatoms. The van der Waals surface area contributed by atoms with Crippen LogP contribution in [0.5, 0.6) is 0 Å². The van der Waals surface area contributed by atoms with Gasteiger partial charge < -0.3 is 20.0 Å². The summed E-state index contributed by atoms with van der Waals surface area (Å²) in [5.41, 5.74) is 3.34. The van der Waals surface area contributed by atoms with E-state index >= 15 is 0 Å². The average molecular weight is 526 g/mol. The summed E-state index contributed by atoms with van der Waals surface area (Å²) in [6, 6.07) is 15.4. The molecule has 0 atom stereocenters. The lowest BCUT2D eigenvalue weighted by Gasteiger charge is -2.36. The second kappa shape index (κ2) is 11.8. The summed E-state index contributed by atoms with van der Waals surface area (Å²) in [5, 5.41) is 6.29. The Morgan fingerprint density at radius 1 is 1.08 bits per heavy atom. The zero-order valence-corrected chi connectivity index (χ0v) is 22.5. The maximum Gasteiger partial charge on any atom is 0.322 e. The van der Waals surface area contributed by atoms with Crippen LogP contribution in [0.2, 0.25) is 5.02 Å². The molecule has 0 spiro atoms. The van der Waals surface area contributed by atoms with Gasteiger partial charge in [-0.2, -0.15) is 0 Å². The van der Waals surface area contributed by atoms with Crippen molar-refractivity contribution in [3.05, 3.63) is 75.2 Å². The van der Waals surface area contributed by atoms with Gasteiger partial charge in [0.15, 0.2) is 0 Å². The minimum absolute atomic E-state index is 0.0280. The van der Waals surface area contributed by atoms with E-state index in [4.69, 9.17) is 11.6 Å². The number of amides is 3. The number of hydrogen-bond acceptors (Lipinski definition) is 5. The van der Waals surface area contributed by atoms with Gasteiger partial charge in [-0.3, -0.25) is 4.79 Å². The van der Waals surface area contributed by atoms with Crippen LogP contribution in [0.15, 0.2) is 53.9 Å². The molecule has 7 nitrogen and oxygen atoms in total. The van der Waals surface area contributed by atoms with Gasteiger partial charge >= 0.3 is 6.03 Å². The molecule has 0 radical (unpaired) electrons. The number of thiazole rings is 1. The Balaban J connectivity index is 1.37. The van der Waals surface area contributed by atoms with Crippen molar-refractivity contribution in [2.45, 2.75) is 39.8 Å². The van der Waals surface area contributed by atoms with Crippen LogP contribution in [-0.2, 0) is 13.0 Å². The number of nitrogens with zero attached hydrogens (tertiary/aromatic N) is 4. The molecular weight excluding hydrogens is 494 g/mol. The summed E-state index contributed by atoms with van der Waals surface area (Å²) < 4.78 is 0. The van der Waals surface area contributed by atoms with Gasteiger partial charge in [0.25, 0.3) is 5.91 Å². The Kier molecular flexibility index (Phi) is 8.48. The third-order valence-corrected chi connectivity index (χ3v) is 7.51. The minimum atomic E-state index is -0.176. The molecule has 0 unspecified atom stereocenters. The fraction of sp³-hybridized carbons (Fsp3) is 0.370. The van der Waals surface area contributed by atoms with Crippen molar-refractivity contribution in [1.29, 1.82) is 0 Å². The number of halogens is 1. The van der Waals surface area contributed by atoms with Gasteiger partial charge in [-0.1, -0.05) is 48.9 Å². The number of carbonyl (C=O) groups is 2. The molecule has 1 aliphatic rings. The second-order valence-corrected chi connectivity index (χ2v) is 10.4. The lowest BCUT2D eigenvalue weighted by Crippen LogP contribution is -2.49. The van der Waals surface area contributed by atoms with Crippen molar-refractivity contribution in [3.63, 3.8) is 0 Å². The van der Waals surface area contributed by atoms with Crippen LogP contribution in [0, 0.1) is 0 Å². The Morgan fingerprint density at radius 2 is 1.78 bits per heavy atom. The molecule has 2 heterocycles. The highest BCUT2D eigenvalue weighted by molar-refractivity contribution is 7.09. The summed E-state index contributed by atoms with van der Waals surface area (Å²) in [4.78, 5) is 36.6. The number of urea groups is 1. The largest absolute Gasteiger partial charge is 0.367 e. The number of aromatic nitrogens is 1. The van der Waals surface area contributed by atoms with E-state index in [1.165, 1.54) is 11.3 Å². The molecule has 1 aliphatic heterocycles. The molecule has 4 rings (SSSR count). The van der Waals surface area contributed by atoms with Crippen molar-refractivity contribution >= 4 is 46.3 Å². The number of rotatable bonds is 7. The Hall–Kier alpha value is -3.10. The fourth-order valence-corrected chi connectivity index (χ4v) is 5.30. The van der Waals surface area contributed by atoms with Crippen molar-refractivity contribution in [1.82, 2.24) is 14.8 Å².